The average molecular weight is 280 g/mol. The molecule has 2 rings (SSSR count). The molecule has 0 saturated carbocycles. The van der Waals surface area contributed by atoms with Gasteiger partial charge in [0.1, 0.15) is 0 Å². The SMILES string of the molecule is COC(=O)CCN1OC[C@H](C(=O)OC)[C@H]1c1cc[cH-]c1. The van der Waals surface area contributed by atoms with Gasteiger partial charge in [-0.15, -0.1) is 0 Å². The first kappa shape index (κ1) is 14.6. The van der Waals surface area contributed by atoms with Crippen LogP contribution in [0.25, 0.3) is 0 Å². The van der Waals surface area contributed by atoms with Gasteiger partial charge in [-0.05, 0) is 0 Å². The smallest absolute Gasteiger partial charge is 0.312 e. The predicted molar refractivity (Wildman–Crippen MR) is 69.6 cm³/mol. The number of nitrogens with zero attached hydrogens (tertiary/aromatic N) is 1. The summed E-state index contributed by atoms with van der Waals surface area (Å²) in [5, 5.41) is 1.66. The fourth-order valence-electron chi connectivity index (χ4n) is 2.39. The summed E-state index contributed by atoms with van der Waals surface area (Å²) in [6.07, 6.45) is 0.210. The van der Waals surface area contributed by atoms with Gasteiger partial charge in [0.2, 0.25) is 0 Å². The summed E-state index contributed by atoms with van der Waals surface area (Å²) in [6, 6.07) is 7.43. The van der Waals surface area contributed by atoms with Crippen LogP contribution in [0, 0.1) is 5.92 Å². The van der Waals surface area contributed by atoms with E-state index in [0.717, 1.165) is 5.56 Å². The molecule has 0 radical (unpaired) electrons. The molecule has 1 aliphatic rings. The third kappa shape index (κ3) is 3.02. The van der Waals surface area contributed by atoms with Crippen LogP contribution in [0.15, 0.2) is 24.3 Å². The van der Waals surface area contributed by atoms with Crippen molar-refractivity contribution in [3.63, 3.8) is 0 Å². The molecule has 0 aliphatic carbocycles. The van der Waals surface area contributed by atoms with Gasteiger partial charge in [-0.2, -0.15) is 28.8 Å². The van der Waals surface area contributed by atoms with Gasteiger partial charge in [0.15, 0.2) is 0 Å². The molecule has 1 saturated heterocycles. The second-order valence-electron chi connectivity index (χ2n) is 4.56. The Labute approximate surface area is 117 Å². The first-order valence-electron chi connectivity index (χ1n) is 6.43. The lowest BCUT2D eigenvalue weighted by molar-refractivity contribution is -0.152. The van der Waals surface area contributed by atoms with Crippen LogP contribution >= 0.6 is 0 Å². The molecule has 1 aromatic carbocycles. The Hall–Kier alpha value is -1.79. The highest BCUT2D eigenvalue weighted by atomic mass is 16.7. The zero-order chi connectivity index (χ0) is 14.5. The van der Waals surface area contributed by atoms with Crippen molar-refractivity contribution in [3.05, 3.63) is 29.8 Å². The van der Waals surface area contributed by atoms with Crippen LogP contribution in [0.4, 0.5) is 0 Å². The molecule has 20 heavy (non-hydrogen) atoms. The summed E-state index contributed by atoms with van der Waals surface area (Å²) in [4.78, 5) is 28.6. The third-order valence-corrected chi connectivity index (χ3v) is 3.41. The summed E-state index contributed by atoms with van der Waals surface area (Å²) in [7, 11) is 2.71. The zero-order valence-electron chi connectivity index (χ0n) is 11.6. The van der Waals surface area contributed by atoms with Gasteiger partial charge in [0, 0.05) is 12.6 Å². The van der Waals surface area contributed by atoms with E-state index >= 15 is 0 Å². The van der Waals surface area contributed by atoms with E-state index < -0.39 is 0 Å². The van der Waals surface area contributed by atoms with Crippen molar-refractivity contribution in [2.45, 2.75) is 12.5 Å². The van der Waals surface area contributed by atoms with Crippen molar-refractivity contribution >= 4 is 11.9 Å². The van der Waals surface area contributed by atoms with Crippen molar-refractivity contribution in [1.82, 2.24) is 5.06 Å². The topological polar surface area (TPSA) is 65.1 Å². The Morgan fingerprint density at radius 1 is 1.45 bits per heavy atom. The highest BCUT2D eigenvalue weighted by Crippen LogP contribution is 2.36. The van der Waals surface area contributed by atoms with Crippen LogP contribution in [-0.2, 0) is 23.9 Å². The Bertz CT molecular complexity index is 456. The second kappa shape index (κ2) is 6.58. The highest BCUT2D eigenvalue weighted by molar-refractivity contribution is 5.74. The maximum atomic E-state index is 11.8. The molecular formula is C14H18NO5-. The number of hydrogen-bond acceptors (Lipinski definition) is 6. The summed E-state index contributed by atoms with van der Waals surface area (Å²) < 4.78 is 9.44. The monoisotopic (exact) mass is 280 g/mol. The number of hydroxylamine groups is 2. The number of esters is 2. The van der Waals surface area contributed by atoms with Crippen LogP contribution < -0.4 is 0 Å². The van der Waals surface area contributed by atoms with E-state index in [-0.39, 0.29) is 36.9 Å². The Morgan fingerprint density at radius 3 is 2.85 bits per heavy atom. The molecule has 1 aliphatic heterocycles. The first-order valence-corrected chi connectivity index (χ1v) is 6.43. The number of carbonyl (C=O) groups excluding carboxylic acids is 2. The van der Waals surface area contributed by atoms with Gasteiger partial charge in [-0.3, -0.25) is 14.4 Å². The maximum absolute atomic E-state index is 11.8. The fraction of sp³-hybridized carbons (Fsp3) is 0.500. The molecule has 0 unspecified atom stereocenters. The lowest BCUT2D eigenvalue weighted by atomic mass is 9.96. The normalized spacial score (nSPS) is 22.7. The summed E-state index contributed by atoms with van der Waals surface area (Å²) in [5.41, 5.74) is 0.975. The summed E-state index contributed by atoms with van der Waals surface area (Å²) in [5.74, 6) is -1.01. The highest BCUT2D eigenvalue weighted by Gasteiger charge is 2.39. The van der Waals surface area contributed by atoms with Gasteiger partial charge in [0.05, 0.1) is 33.2 Å². The molecule has 110 valence electrons. The quantitative estimate of drug-likeness (QED) is 0.593. The third-order valence-electron chi connectivity index (χ3n) is 3.41. The minimum Gasteiger partial charge on any atom is -0.469 e. The van der Waals surface area contributed by atoms with Crippen LogP contribution in [0.1, 0.15) is 18.0 Å². The van der Waals surface area contributed by atoms with Crippen molar-refractivity contribution < 1.29 is 23.9 Å². The molecule has 0 amide bonds. The van der Waals surface area contributed by atoms with Gasteiger partial charge in [-0.25, -0.2) is 6.07 Å². The number of carbonyl (C=O) groups is 2. The van der Waals surface area contributed by atoms with Gasteiger partial charge in [0.25, 0.3) is 0 Å². The molecule has 2 atom stereocenters. The van der Waals surface area contributed by atoms with Crippen molar-refractivity contribution in [3.8, 4) is 0 Å². The van der Waals surface area contributed by atoms with E-state index in [4.69, 9.17) is 9.57 Å². The molecular weight excluding hydrogens is 262 g/mol. The minimum atomic E-state index is -0.389. The number of methoxy groups -OCH3 is 2. The Balaban J connectivity index is 2.11. The zero-order valence-corrected chi connectivity index (χ0v) is 11.6. The summed E-state index contributed by atoms with van der Waals surface area (Å²) in [6.45, 7) is 0.625. The predicted octanol–water partition coefficient (Wildman–Crippen LogP) is 1.05. The average Bonchev–Trinajstić information content (AvgIpc) is 3.12. The van der Waals surface area contributed by atoms with Gasteiger partial charge in [-0.1, -0.05) is 0 Å². The minimum absolute atomic E-state index is 0.210. The number of rotatable bonds is 5. The Morgan fingerprint density at radius 2 is 2.25 bits per heavy atom. The molecule has 1 fully saturated rings. The molecule has 6 heteroatoms. The Kier molecular flexibility index (Phi) is 4.81. The van der Waals surface area contributed by atoms with E-state index in [2.05, 4.69) is 4.74 Å². The van der Waals surface area contributed by atoms with E-state index in [0.29, 0.717) is 6.54 Å². The summed E-state index contributed by atoms with van der Waals surface area (Å²) >= 11 is 0. The van der Waals surface area contributed by atoms with E-state index in [1.54, 1.807) is 5.06 Å². The van der Waals surface area contributed by atoms with E-state index in [1.165, 1.54) is 14.2 Å². The van der Waals surface area contributed by atoms with Crippen LogP contribution in [0.5, 0.6) is 0 Å². The molecule has 1 aromatic rings. The molecule has 0 bridgehead atoms. The molecule has 0 spiro atoms. The van der Waals surface area contributed by atoms with Crippen molar-refractivity contribution in [2.24, 2.45) is 5.92 Å². The van der Waals surface area contributed by atoms with E-state index in [9.17, 15) is 9.59 Å². The lowest BCUT2D eigenvalue weighted by Gasteiger charge is -2.28. The molecule has 0 aromatic heterocycles. The lowest BCUT2D eigenvalue weighted by Crippen LogP contribution is -2.30. The van der Waals surface area contributed by atoms with Crippen LogP contribution in [0.3, 0.4) is 0 Å². The molecule has 0 N–H and O–H groups in total. The second-order valence-corrected chi connectivity index (χ2v) is 4.56. The van der Waals surface area contributed by atoms with Gasteiger partial charge < -0.3 is 9.47 Å². The molecule has 6 nitrogen and oxygen atoms in total. The fourth-order valence-corrected chi connectivity index (χ4v) is 2.39. The van der Waals surface area contributed by atoms with Crippen molar-refractivity contribution in [2.75, 3.05) is 27.4 Å². The number of ether oxygens (including phenoxy) is 2. The van der Waals surface area contributed by atoms with Crippen molar-refractivity contribution in [1.29, 1.82) is 0 Å². The van der Waals surface area contributed by atoms with Crippen LogP contribution in [0.2, 0.25) is 0 Å². The first-order chi connectivity index (χ1) is 9.67. The maximum Gasteiger partial charge on any atom is 0.312 e. The molecule has 1 heterocycles. The van der Waals surface area contributed by atoms with Gasteiger partial charge >= 0.3 is 11.9 Å². The van der Waals surface area contributed by atoms with Crippen LogP contribution in [-0.4, -0.2) is 44.4 Å². The standard InChI is InChI=1S/C14H18NO5/c1-18-12(16)7-8-15-13(10-5-3-4-6-10)11(9-20-15)14(17)19-2/h3-6,11,13H,7-9H2,1-2H3/q-1/t11-,13+/m0/s1. The van der Waals surface area contributed by atoms with E-state index in [1.807, 2.05) is 24.3 Å². The largest absolute Gasteiger partial charge is 0.469 e. The number of hydrogen-bond donors (Lipinski definition) is 0.